The highest BCUT2D eigenvalue weighted by Crippen LogP contribution is 2.15. The quantitative estimate of drug-likeness (QED) is 0.345. The second-order valence-electron chi connectivity index (χ2n) is 2.93. The van der Waals surface area contributed by atoms with Crippen molar-refractivity contribution < 1.29 is 10.0 Å². The van der Waals surface area contributed by atoms with Crippen molar-refractivity contribution in [1.82, 2.24) is 9.55 Å². The van der Waals surface area contributed by atoms with E-state index in [-0.39, 0.29) is 24.5 Å². The minimum absolute atomic E-state index is 0.0826. The highest BCUT2D eigenvalue weighted by molar-refractivity contribution is 5.21. The van der Waals surface area contributed by atoms with E-state index < -0.39 is 4.92 Å². The number of aromatic nitrogens is 2. The van der Waals surface area contributed by atoms with Crippen LogP contribution < -0.4 is 0 Å². The number of rotatable bonds is 5. The van der Waals surface area contributed by atoms with Crippen LogP contribution in [0.15, 0.2) is 31.2 Å². The molecule has 0 saturated carbocycles. The van der Waals surface area contributed by atoms with Crippen molar-refractivity contribution in [1.29, 1.82) is 0 Å². The van der Waals surface area contributed by atoms with Crippen molar-refractivity contribution in [3.05, 3.63) is 47.1 Å². The fourth-order valence-corrected chi connectivity index (χ4v) is 1.20. The summed E-state index contributed by atoms with van der Waals surface area (Å²) in [6.45, 7) is 7.09. The minimum atomic E-state index is -0.528. The average molecular weight is 209 g/mol. The summed E-state index contributed by atoms with van der Waals surface area (Å²) >= 11 is 0. The number of nitro groups is 1. The SMILES string of the molecule is C=CCn1c([N+](=O)[O-])cnc1CC(=C)O. The number of imidazole rings is 1. The van der Waals surface area contributed by atoms with Crippen molar-refractivity contribution in [2.45, 2.75) is 13.0 Å². The Kier molecular flexibility index (Phi) is 3.22. The van der Waals surface area contributed by atoms with Gasteiger partial charge in [0.2, 0.25) is 5.82 Å². The van der Waals surface area contributed by atoms with E-state index in [1.807, 2.05) is 0 Å². The van der Waals surface area contributed by atoms with Crippen LogP contribution in [0.1, 0.15) is 5.82 Å². The Morgan fingerprint density at radius 3 is 2.93 bits per heavy atom. The molecule has 0 radical (unpaired) electrons. The van der Waals surface area contributed by atoms with Gasteiger partial charge in [0.05, 0.1) is 12.2 Å². The van der Waals surface area contributed by atoms with Crippen LogP contribution >= 0.6 is 0 Å². The molecule has 0 bridgehead atoms. The fraction of sp³-hybridized carbons (Fsp3) is 0.222. The van der Waals surface area contributed by atoms with Crippen LogP contribution in [0.2, 0.25) is 0 Å². The molecule has 0 aliphatic carbocycles. The maximum absolute atomic E-state index is 10.6. The van der Waals surface area contributed by atoms with Crippen LogP contribution in [0.25, 0.3) is 0 Å². The molecule has 0 aliphatic rings. The first kappa shape index (κ1) is 11.0. The molecule has 0 aromatic carbocycles. The number of nitrogens with zero attached hydrogens (tertiary/aromatic N) is 3. The van der Waals surface area contributed by atoms with E-state index >= 15 is 0 Å². The third-order valence-corrected chi connectivity index (χ3v) is 1.78. The van der Waals surface area contributed by atoms with E-state index in [2.05, 4.69) is 18.1 Å². The largest absolute Gasteiger partial charge is 0.512 e. The summed E-state index contributed by atoms with van der Waals surface area (Å²) in [5.74, 6) is 0.195. The number of aliphatic hydroxyl groups excluding tert-OH is 1. The maximum Gasteiger partial charge on any atom is 0.343 e. The Bertz CT molecular complexity index is 409. The van der Waals surface area contributed by atoms with Crippen LogP contribution in [0.3, 0.4) is 0 Å². The summed E-state index contributed by atoms with van der Waals surface area (Å²) in [4.78, 5) is 13.9. The second kappa shape index (κ2) is 4.41. The Labute approximate surface area is 86.3 Å². The molecule has 1 rings (SSSR count). The lowest BCUT2D eigenvalue weighted by Gasteiger charge is -2.00. The monoisotopic (exact) mass is 209 g/mol. The van der Waals surface area contributed by atoms with Gasteiger partial charge in [0.1, 0.15) is 12.7 Å². The Morgan fingerprint density at radius 1 is 1.80 bits per heavy atom. The first-order valence-corrected chi connectivity index (χ1v) is 4.22. The van der Waals surface area contributed by atoms with E-state index in [0.29, 0.717) is 5.82 Å². The molecule has 80 valence electrons. The molecule has 6 heteroatoms. The molecule has 0 atom stereocenters. The van der Waals surface area contributed by atoms with Gasteiger partial charge in [-0.15, -0.1) is 0 Å². The zero-order chi connectivity index (χ0) is 11.4. The van der Waals surface area contributed by atoms with Crippen molar-refractivity contribution in [2.75, 3.05) is 0 Å². The van der Waals surface area contributed by atoms with Crippen LogP contribution in [0.5, 0.6) is 0 Å². The summed E-state index contributed by atoms with van der Waals surface area (Å²) in [6, 6.07) is 0. The van der Waals surface area contributed by atoms with Crippen LogP contribution in [0.4, 0.5) is 5.82 Å². The topological polar surface area (TPSA) is 81.2 Å². The normalized spacial score (nSPS) is 9.87. The van der Waals surface area contributed by atoms with Gasteiger partial charge < -0.3 is 15.2 Å². The van der Waals surface area contributed by atoms with Gasteiger partial charge in [0, 0.05) is 0 Å². The first-order chi connectivity index (χ1) is 7.06. The maximum atomic E-state index is 10.6. The fourth-order valence-electron chi connectivity index (χ4n) is 1.20. The molecular weight excluding hydrogens is 198 g/mol. The number of hydrogen-bond donors (Lipinski definition) is 1. The van der Waals surface area contributed by atoms with E-state index in [9.17, 15) is 10.1 Å². The van der Waals surface area contributed by atoms with E-state index in [4.69, 9.17) is 5.11 Å². The molecule has 0 amide bonds. The van der Waals surface area contributed by atoms with Crippen molar-refractivity contribution in [3.8, 4) is 0 Å². The third kappa shape index (κ3) is 2.43. The number of hydrogen-bond acceptors (Lipinski definition) is 4. The predicted molar refractivity (Wildman–Crippen MR) is 54.6 cm³/mol. The molecule has 0 unspecified atom stereocenters. The predicted octanol–water partition coefficient (Wildman–Crippen LogP) is 1.59. The third-order valence-electron chi connectivity index (χ3n) is 1.78. The molecule has 1 N–H and O–H groups in total. The van der Waals surface area contributed by atoms with Crippen LogP contribution in [0, 0.1) is 10.1 Å². The van der Waals surface area contributed by atoms with Gasteiger partial charge in [-0.05, 0) is 4.92 Å². The smallest absolute Gasteiger partial charge is 0.343 e. The van der Waals surface area contributed by atoms with Gasteiger partial charge in [0.25, 0.3) is 0 Å². The van der Waals surface area contributed by atoms with Crippen molar-refractivity contribution in [3.63, 3.8) is 0 Å². The molecule has 1 heterocycles. The second-order valence-corrected chi connectivity index (χ2v) is 2.93. The summed E-state index contributed by atoms with van der Waals surface area (Å²) in [5, 5.41) is 19.6. The lowest BCUT2D eigenvalue weighted by molar-refractivity contribution is -0.392. The van der Waals surface area contributed by atoms with Crippen LogP contribution in [-0.2, 0) is 13.0 Å². The van der Waals surface area contributed by atoms with E-state index in [1.165, 1.54) is 10.6 Å². The van der Waals surface area contributed by atoms with E-state index in [1.54, 1.807) is 0 Å². The van der Waals surface area contributed by atoms with Crippen molar-refractivity contribution in [2.24, 2.45) is 0 Å². The standard InChI is InChI=1S/C9H11N3O3/c1-3-4-11-8(5-7(2)13)10-6-9(11)12(14)15/h3,6,13H,1-2,4-5H2. The number of allylic oxidation sites excluding steroid dienone is 2. The molecule has 0 spiro atoms. The van der Waals surface area contributed by atoms with Crippen molar-refractivity contribution >= 4 is 5.82 Å². The molecular formula is C9H11N3O3. The molecule has 1 aromatic heterocycles. The summed E-state index contributed by atoms with van der Waals surface area (Å²) in [6.07, 6.45) is 2.78. The van der Waals surface area contributed by atoms with Gasteiger partial charge in [0.15, 0.2) is 0 Å². The summed E-state index contributed by atoms with van der Waals surface area (Å²) in [5.41, 5.74) is 0. The van der Waals surface area contributed by atoms with Crippen LogP contribution in [-0.4, -0.2) is 19.6 Å². The Morgan fingerprint density at radius 2 is 2.47 bits per heavy atom. The minimum Gasteiger partial charge on any atom is -0.512 e. The molecule has 0 saturated heterocycles. The number of aliphatic hydroxyl groups is 1. The zero-order valence-corrected chi connectivity index (χ0v) is 8.09. The molecule has 6 nitrogen and oxygen atoms in total. The van der Waals surface area contributed by atoms with Gasteiger partial charge in [-0.1, -0.05) is 19.2 Å². The van der Waals surface area contributed by atoms with E-state index in [0.717, 1.165) is 6.20 Å². The highest BCUT2D eigenvalue weighted by atomic mass is 16.6. The average Bonchev–Trinajstić information content (AvgIpc) is 2.48. The Balaban J connectivity index is 3.10. The molecule has 0 aliphatic heterocycles. The van der Waals surface area contributed by atoms with Gasteiger partial charge in [-0.25, -0.2) is 9.55 Å². The highest BCUT2D eigenvalue weighted by Gasteiger charge is 2.19. The first-order valence-electron chi connectivity index (χ1n) is 4.22. The van der Waals surface area contributed by atoms with Gasteiger partial charge in [-0.2, -0.15) is 0 Å². The summed E-state index contributed by atoms with van der Waals surface area (Å²) in [7, 11) is 0. The zero-order valence-electron chi connectivity index (χ0n) is 8.09. The summed E-state index contributed by atoms with van der Waals surface area (Å²) < 4.78 is 1.37. The Hall–Kier alpha value is -2.11. The molecule has 0 fully saturated rings. The molecule has 1 aromatic rings. The van der Waals surface area contributed by atoms with Gasteiger partial charge >= 0.3 is 5.82 Å². The molecule has 15 heavy (non-hydrogen) atoms. The lowest BCUT2D eigenvalue weighted by atomic mass is 10.3. The lowest BCUT2D eigenvalue weighted by Crippen LogP contribution is -2.06. The van der Waals surface area contributed by atoms with Gasteiger partial charge in [-0.3, -0.25) is 0 Å².